The minimum Gasteiger partial charge on any atom is -0.393 e. The van der Waals surface area contributed by atoms with E-state index >= 15 is 0 Å². The summed E-state index contributed by atoms with van der Waals surface area (Å²) in [4.78, 5) is 0. The number of halogens is 1. The average Bonchev–Trinajstić information content (AvgIpc) is 1.94. The Bertz CT molecular complexity index is 55.6. The van der Waals surface area contributed by atoms with Crippen LogP contribution in [-0.2, 0) is 0 Å². The average molecular weight is 168 g/mol. The minimum absolute atomic E-state index is 0. The van der Waals surface area contributed by atoms with Crippen molar-refractivity contribution in [2.24, 2.45) is 0 Å². The Morgan fingerprint density at radius 2 is 1.60 bits per heavy atom. The molecule has 1 rings (SSSR count). The Labute approximate surface area is 69.4 Å². The Balaban J connectivity index is 0. The zero-order valence-corrected chi connectivity index (χ0v) is 7.58. The molecule has 3 heteroatoms. The van der Waals surface area contributed by atoms with Crippen molar-refractivity contribution in [1.82, 2.24) is 5.32 Å². The monoisotopic (exact) mass is 167 g/mol. The third-order valence-electron chi connectivity index (χ3n) is 1.31. The summed E-state index contributed by atoms with van der Waals surface area (Å²) in [5.41, 5.74) is 0. The van der Waals surface area contributed by atoms with Crippen LogP contribution in [0.25, 0.3) is 0 Å². The van der Waals surface area contributed by atoms with Crippen molar-refractivity contribution in [3.8, 4) is 0 Å². The quantitative estimate of drug-likeness (QED) is 0.568. The lowest BCUT2D eigenvalue weighted by atomic mass is 10.1. The normalized spacial score (nSPS) is 18.3. The van der Waals surface area contributed by atoms with Gasteiger partial charge in [0.2, 0.25) is 0 Å². The van der Waals surface area contributed by atoms with Gasteiger partial charge in [-0.05, 0) is 25.9 Å². The van der Waals surface area contributed by atoms with E-state index in [0.717, 1.165) is 25.9 Å². The molecule has 1 saturated heterocycles. The summed E-state index contributed by atoms with van der Waals surface area (Å²) in [6.45, 7) is 5.97. The fourth-order valence-electron chi connectivity index (χ4n) is 0.807. The summed E-state index contributed by atoms with van der Waals surface area (Å²) in [5.74, 6) is 0. The number of aliphatic hydroxyl groups is 1. The van der Waals surface area contributed by atoms with Crippen molar-refractivity contribution in [3.63, 3.8) is 0 Å². The van der Waals surface area contributed by atoms with Crippen molar-refractivity contribution in [3.05, 3.63) is 0 Å². The number of piperidine rings is 1. The SMILES string of the molecule is CC.Cl.OC1CCNCC1. The van der Waals surface area contributed by atoms with E-state index in [-0.39, 0.29) is 18.5 Å². The van der Waals surface area contributed by atoms with Crippen LogP contribution in [-0.4, -0.2) is 24.3 Å². The molecule has 1 aliphatic rings. The van der Waals surface area contributed by atoms with E-state index in [1.54, 1.807) is 0 Å². The second-order valence-corrected chi connectivity index (χ2v) is 1.98. The molecule has 10 heavy (non-hydrogen) atoms. The standard InChI is InChI=1S/C5H11NO.C2H6.ClH/c7-5-1-3-6-4-2-5;1-2;/h5-7H,1-4H2;1-2H3;1H. The van der Waals surface area contributed by atoms with Gasteiger partial charge in [0.25, 0.3) is 0 Å². The summed E-state index contributed by atoms with van der Waals surface area (Å²) >= 11 is 0. The van der Waals surface area contributed by atoms with E-state index in [1.807, 2.05) is 13.8 Å². The van der Waals surface area contributed by atoms with Gasteiger partial charge in [-0.2, -0.15) is 0 Å². The van der Waals surface area contributed by atoms with Crippen molar-refractivity contribution in [2.75, 3.05) is 13.1 Å². The van der Waals surface area contributed by atoms with Crippen LogP contribution in [0.2, 0.25) is 0 Å². The lowest BCUT2D eigenvalue weighted by Gasteiger charge is -2.16. The van der Waals surface area contributed by atoms with Crippen LogP contribution >= 0.6 is 12.4 Å². The molecule has 0 spiro atoms. The highest BCUT2D eigenvalue weighted by Gasteiger charge is 2.06. The van der Waals surface area contributed by atoms with Gasteiger partial charge in [0, 0.05) is 0 Å². The Morgan fingerprint density at radius 1 is 1.20 bits per heavy atom. The fourth-order valence-corrected chi connectivity index (χ4v) is 0.807. The van der Waals surface area contributed by atoms with E-state index < -0.39 is 0 Å². The first kappa shape index (κ1) is 12.8. The second kappa shape index (κ2) is 9.21. The molecule has 0 radical (unpaired) electrons. The van der Waals surface area contributed by atoms with Gasteiger partial charge in [0.05, 0.1) is 6.10 Å². The molecule has 1 aliphatic heterocycles. The molecule has 0 saturated carbocycles. The van der Waals surface area contributed by atoms with Gasteiger partial charge in [-0.15, -0.1) is 12.4 Å². The van der Waals surface area contributed by atoms with Crippen molar-refractivity contribution >= 4 is 12.4 Å². The molecule has 0 aliphatic carbocycles. The maximum absolute atomic E-state index is 8.87. The van der Waals surface area contributed by atoms with Crippen LogP contribution < -0.4 is 5.32 Å². The Kier molecular flexibility index (Phi) is 11.8. The van der Waals surface area contributed by atoms with Crippen LogP contribution in [0.15, 0.2) is 0 Å². The topological polar surface area (TPSA) is 32.3 Å². The zero-order chi connectivity index (χ0) is 7.11. The summed E-state index contributed by atoms with van der Waals surface area (Å²) in [6, 6.07) is 0. The number of aliphatic hydroxyl groups excluding tert-OH is 1. The van der Waals surface area contributed by atoms with Gasteiger partial charge in [-0.3, -0.25) is 0 Å². The molecule has 0 aromatic heterocycles. The third-order valence-corrected chi connectivity index (χ3v) is 1.31. The smallest absolute Gasteiger partial charge is 0.0564 e. The van der Waals surface area contributed by atoms with Gasteiger partial charge >= 0.3 is 0 Å². The zero-order valence-electron chi connectivity index (χ0n) is 6.76. The highest BCUT2D eigenvalue weighted by atomic mass is 35.5. The lowest BCUT2D eigenvalue weighted by molar-refractivity contribution is 0.137. The Hall–Kier alpha value is 0.210. The number of rotatable bonds is 0. The summed E-state index contributed by atoms with van der Waals surface area (Å²) in [6.07, 6.45) is 1.83. The molecule has 0 atom stereocenters. The predicted molar refractivity (Wildman–Crippen MR) is 46.7 cm³/mol. The van der Waals surface area contributed by atoms with E-state index in [2.05, 4.69) is 5.32 Å². The van der Waals surface area contributed by atoms with E-state index in [4.69, 9.17) is 5.11 Å². The molecule has 0 bridgehead atoms. The Morgan fingerprint density at radius 3 is 1.80 bits per heavy atom. The van der Waals surface area contributed by atoms with Gasteiger partial charge in [0.1, 0.15) is 0 Å². The first-order valence-corrected chi connectivity index (χ1v) is 3.78. The summed E-state index contributed by atoms with van der Waals surface area (Å²) in [7, 11) is 0. The first-order valence-electron chi connectivity index (χ1n) is 3.78. The largest absolute Gasteiger partial charge is 0.393 e. The van der Waals surface area contributed by atoms with Crippen molar-refractivity contribution < 1.29 is 5.11 Å². The summed E-state index contributed by atoms with van der Waals surface area (Å²) < 4.78 is 0. The molecule has 0 aromatic rings. The third kappa shape index (κ3) is 6.33. The van der Waals surface area contributed by atoms with Crippen LogP contribution in [0.5, 0.6) is 0 Å². The number of hydrogen-bond acceptors (Lipinski definition) is 2. The molecule has 0 aromatic carbocycles. The number of nitrogens with one attached hydrogen (secondary N) is 1. The van der Waals surface area contributed by atoms with E-state index in [0.29, 0.717) is 0 Å². The highest BCUT2D eigenvalue weighted by Crippen LogP contribution is 1.99. The maximum atomic E-state index is 8.87. The molecule has 1 fully saturated rings. The van der Waals surface area contributed by atoms with Gasteiger partial charge in [-0.25, -0.2) is 0 Å². The van der Waals surface area contributed by atoms with Gasteiger partial charge in [0.15, 0.2) is 0 Å². The molecule has 0 unspecified atom stereocenters. The number of hydrogen-bond donors (Lipinski definition) is 2. The van der Waals surface area contributed by atoms with Gasteiger partial charge in [-0.1, -0.05) is 13.8 Å². The lowest BCUT2D eigenvalue weighted by Crippen LogP contribution is -2.30. The predicted octanol–water partition coefficient (Wildman–Crippen LogP) is 1.18. The molecule has 0 amide bonds. The van der Waals surface area contributed by atoms with Crippen LogP contribution in [0.4, 0.5) is 0 Å². The molecule has 1 heterocycles. The van der Waals surface area contributed by atoms with Crippen molar-refractivity contribution in [1.29, 1.82) is 0 Å². The highest BCUT2D eigenvalue weighted by molar-refractivity contribution is 5.85. The van der Waals surface area contributed by atoms with E-state index in [1.165, 1.54) is 0 Å². The van der Waals surface area contributed by atoms with Crippen LogP contribution in [0.3, 0.4) is 0 Å². The first-order chi connectivity index (χ1) is 4.39. The molecule has 64 valence electrons. The molecule has 2 nitrogen and oxygen atoms in total. The molecular formula is C7H18ClNO. The maximum Gasteiger partial charge on any atom is 0.0564 e. The molecule has 2 N–H and O–H groups in total. The van der Waals surface area contributed by atoms with Crippen LogP contribution in [0.1, 0.15) is 26.7 Å². The van der Waals surface area contributed by atoms with Gasteiger partial charge < -0.3 is 10.4 Å². The fraction of sp³-hybridized carbons (Fsp3) is 1.00. The summed E-state index contributed by atoms with van der Waals surface area (Å²) in [5, 5.41) is 12.0. The van der Waals surface area contributed by atoms with Crippen molar-refractivity contribution in [2.45, 2.75) is 32.8 Å². The van der Waals surface area contributed by atoms with E-state index in [9.17, 15) is 0 Å². The minimum atomic E-state index is -0.0266. The second-order valence-electron chi connectivity index (χ2n) is 1.98. The van der Waals surface area contributed by atoms with Crippen LogP contribution in [0, 0.1) is 0 Å². The molecular weight excluding hydrogens is 150 g/mol.